The topological polar surface area (TPSA) is 49.9 Å². The van der Waals surface area contributed by atoms with E-state index in [0.29, 0.717) is 0 Å². The van der Waals surface area contributed by atoms with Gasteiger partial charge in [-0.1, -0.05) is 17.7 Å². The number of nitrogens with two attached hydrogens (primary N) is 1. The van der Waals surface area contributed by atoms with Gasteiger partial charge in [0.25, 0.3) is 0 Å². The Morgan fingerprint density at radius 2 is 2.00 bits per heavy atom. The van der Waals surface area contributed by atoms with Gasteiger partial charge in [0.05, 0.1) is 0 Å². The van der Waals surface area contributed by atoms with E-state index >= 15 is 0 Å². The lowest BCUT2D eigenvalue weighted by Crippen LogP contribution is -2.12. The zero-order chi connectivity index (χ0) is 8.43. The maximum Gasteiger partial charge on any atom is 0.123 e. The molecule has 58 valence electrons. The monoisotopic (exact) mass is 148 g/mol. The molecule has 0 aliphatic rings. The van der Waals surface area contributed by atoms with Crippen LogP contribution in [0.15, 0.2) is 18.2 Å². The van der Waals surface area contributed by atoms with E-state index in [4.69, 9.17) is 11.1 Å². The van der Waals surface area contributed by atoms with Crippen LogP contribution in [0.25, 0.3) is 0 Å². The second kappa shape index (κ2) is 2.74. The molecule has 2 nitrogen and oxygen atoms in total. The van der Waals surface area contributed by atoms with Gasteiger partial charge in [-0.3, -0.25) is 5.41 Å². The molecule has 1 rings (SSSR count). The van der Waals surface area contributed by atoms with Gasteiger partial charge in [-0.05, 0) is 25.5 Å². The van der Waals surface area contributed by atoms with Crippen molar-refractivity contribution in [2.24, 2.45) is 5.73 Å². The summed E-state index contributed by atoms with van der Waals surface area (Å²) in [5, 5.41) is 7.25. The zero-order valence-corrected chi connectivity index (χ0v) is 6.81. The molecule has 0 unspecified atom stereocenters. The molecule has 0 aliphatic carbocycles. The summed E-state index contributed by atoms with van der Waals surface area (Å²) in [7, 11) is 0. The van der Waals surface area contributed by atoms with Crippen molar-refractivity contribution >= 4 is 5.84 Å². The molecule has 0 saturated heterocycles. The first-order valence-electron chi connectivity index (χ1n) is 3.53. The summed E-state index contributed by atoms with van der Waals surface area (Å²) in [6, 6.07) is 5.92. The molecule has 0 fully saturated rings. The van der Waals surface area contributed by atoms with Crippen molar-refractivity contribution in [3.63, 3.8) is 0 Å². The summed E-state index contributed by atoms with van der Waals surface area (Å²) >= 11 is 0. The third-order valence-corrected chi connectivity index (χ3v) is 1.68. The molecule has 11 heavy (non-hydrogen) atoms. The quantitative estimate of drug-likeness (QED) is 0.461. The average Bonchev–Trinajstić information content (AvgIpc) is 1.94. The van der Waals surface area contributed by atoms with Gasteiger partial charge in [0, 0.05) is 5.56 Å². The van der Waals surface area contributed by atoms with Gasteiger partial charge in [-0.15, -0.1) is 0 Å². The van der Waals surface area contributed by atoms with Crippen molar-refractivity contribution in [3.8, 4) is 0 Å². The number of hydrogen-bond acceptors (Lipinski definition) is 1. The first-order valence-corrected chi connectivity index (χ1v) is 3.53. The maximum absolute atomic E-state index is 7.25. The van der Waals surface area contributed by atoms with Crippen molar-refractivity contribution in [3.05, 3.63) is 34.9 Å². The van der Waals surface area contributed by atoms with E-state index in [2.05, 4.69) is 0 Å². The number of aryl methyl sites for hydroxylation is 2. The van der Waals surface area contributed by atoms with Crippen LogP contribution < -0.4 is 5.73 Å². The molecule has 0 spiro atoms. The molecule has 0 bridgehead atoms. The minimum atomic E-state index is 0.145. The van der Waals surface area contributed by atoms with Crippen LogP contribution in [-0.2, 0) is 0 Å². The molecule has 0 aromatic heterocycles. The SMILES string of the molecule is Cc1ccc(C)c(C(=N)N)c1. The van der Waals surface area contributed by atoms with Gasteiger partial charge < -0.3 is 5.73 Å². The van der Waals surface area contributed by atoms with Gasteiger partial charge >= 0.3 is 0 Å². The van der Waals surface area contributed by atoms with Gasteiger partial charge in [-0.2, -0.15) is 0 Å². The normalized spacial score (nSPS) is 9.64. The molecular formula is C9H12N2. The fourth-order valence-electron chi connectivity index (χ4n) is 1.03. The Labute approximate surface area is 66.6 Å². The lowest BCUT2D eigenvalue weighted by Gasteiger charge is -2.03. The summed E-state index contributed by atoms with van der Waals surface area (Å²) < 4.78 is 0. The molecule has 1 aromatic carbocycles. The fourth-order valence-corrected chi connectivity index (χ4v) is 1.03. The highest BCUT2D eigenvalue weighted by Crippen LogP contribution is 2.08. The minimum Gasteiger partial charge on any atom is -0.384 e. The van der Waals surface area contributed by atoms with Gasteiger partial charge in [0.15, 0.2) is 0 Å². The Morgan fingerprint density at radius 1 is 1.36 bits per heavy atom. The molecule has 0 saturated carbocycles. The first kappa shape index (κ1) is 7.79. The largest absolute Gasteiger partial charge is 0.384 e. The lowest BCUT2D eigenvalue weighted by molar-refractivity contribution is 1.33. The van der Waals surface area contributed by atoms with Crippen LogP contribution in [0.5, 0.6) is 0 Å². The molecule has 0 atom stereocenters. The van der Waals surface area contributed by atoms with Crippen LogP contribution in [0.4, 0.5) is 0 Å². The van der Waals surface area contributed by atoms with Gasteiger partial charge in [-0.25, -0.2) is 0 Å². The molecule has 0 amide bonds. The van der Waals surface area contributed by atoms with Gasteiger partial charge in [0.2, 0.25) is 0 Å². The zero-order valence-electron chi connectivity index (χ0n) is 6.81. The van der Waals surface area contributed by atoms with Gasteiger partial charge in [0.1, 0.15) is 5.84 Å². The number of amidine groups is 1. The summed E-state index contributed by atoms with van der Waals surface area (Å²) in [5.41, 5.74) is 8.40. The molecule has 0 radical (unpaired) electrons. The standard InChI is InChI=1S/C9H12N2/c1-6-3-4-7(2)8(5-6)9(10)11/h3-5H,1-2H3,(H3,10,11). The second-order valence-electron chi connectivity index (χ2n) is 2.73. The Morgan fingerprint density at radius 3 is 2.45 bits per heavy atom. The van der Waals surface area contributed by atoms with Crippen LogP contribution in [0, 0.1) is 19.3 Å². The lowest BCUT2D eigenvalue weighted by atomic mass is 10.1. The van der Waals surface area contributed by atoms with E-state index in [0.717, 1.165) is 16.7 Å². The van der Waals surface area contributed by atoms with Crippen LogP contribution >= 0.6 is 0 Å². The van der Waals surface area contributed by atoms with E-state index in [-0.39, 0.29) is 5.84 Å². The Hall–Kier alpha value is -1.31. The van der Waals surface area contributed by atoms with E-state index < -0.39 is 0 Å². The maximum atomic E-state index is 7.25. The molecule has 0 heterocycles. The minimum absolute atomic E-state index is 0.145. The molecule has 2 heteroatoms. The number of nitrogen functional groups attached to an aromatic ring is 1. The summed E-state index contributed by atoms with van der Waals surface area (Å²) in [5.74, 6) is 0.145. The van der Waals surface area contributed by atoms with Crippen molar-refractivity contribution in [1.82, 2.24) is 0 Å². The Kier molecular flexibility index (Phi) is 1.94. The Balaban J connectivity index is 3.23. The first-order chi connectivity index (χ1) is 5.11. The third-order valence-electron chi connectivity index (χ3n) is 1.68. The predicted molar refractivity (Wildman–Crippen MR) is 46.9 cm³/mol. The molecule has 1 aromatic rings. The highest BCUT2D eigenvalue weighted by Gasteiger charge is 1.99. The van der Waals surface area contributed by atoms with E-state index in [9.17, 15) is 0 Å². The Bertz CT molecular complexity index is 290. The molecule has 3 N–H and O–H groups in total. The van der Waals surface area contributed by atoms with Crippen LogP contribution in [-0.4, -0.2) is 5.84 Å². The summed E-state index contributed by atoms with van der Waals surface area (Å²) in [4.78, 5) is 0. The second-order valence-corrected chi connectivity index (χ2v) is 2.73. The van der Waals surface area contributed by atoms with E-state index in [1.807, 2.05) is 32.0 Å². The number of rotatable bonds is 1. The van der Waals surface area contributed by atoms with Crippen molar-refractivity contribution < 1.29 is 0 Å². The van der Waals surface area contributed by atoms with Crippen LogP contribution in [0.2, 0.25) is 0 Å². The number of hydrogen-bond donors (Lipinski definition) is 2. The van der Waals surface area contributed by atoms with Crippen molar-refractivity contribution in [2.75, 3.05) is 0 Å². The van der Waals surface area contributed by atoms with E-state index in [1.54, 1.807) is 0 Å². The highest BCUT2D eigenvalue weighted by molar-refractivity contribution is 5.96. The van der Waals surface area contributed by atoms with E-state index in [1.165, 1.54) is 0 Å². The number of benzene rings is 1. The summed E-state index contributed by atoms with van der Waals surface area (Å²) in [6.45, 7) is 3.95. The third kappa shape index (κ3) is 1.58. The van der Waals surface area contributed by atoms with Crippen molar-refractivity contribution in [1.29, 1.82) is 5.41 Å². The van der Waals surface area contributed by atoms with Crippen molar-refractivity contribution in [2.45, 2.75) is 13.8 Å². The van der Waals surface area contributed by atoms with Crippen LogP contribution in [0.3, 0.4) is 0 Å². The smallest absolute Gasteiger partial charge is 0.123 e. The fraction of sp³-hybridized carbons (Fsp3) is 0.222. The average molecular weight is 148 g/mol. The summed E-state index contributed by atoms with van der Waals surface area (Å²) in [6.07, 6.45) is 0. The molecular weight excluding hydrogens is 136 g/mol. The predicted octanol–water partition coefficient (Wildman–Crippen LogP) is 1.59. The highest BCUT2D eigenvalue weighted by atomic mass is 14.7. The number of nitrogens with one attached hydrogen (secondary N) is 1. The molecule has 0 aliphatic heterocycles. The van der Waals surface area contributed by atoms with Crippen LogP contribution in [0.1, 0.15) is 16.7 Å².